The molecule has 2 aromatic carbocycles. The predicted molar refractivity (Wildman–Crippen MR) is 92.0 cm³/mol. The Kier molecular flexibility index (Phi) is 4.66. The van der Waals surface area contributed by atoms with Gasteiger partial charge in [-0.15, -0.1) is 9.19 Å². The van der Waals surface area contributed by atoms with Crippen LogP contribution in [-0.4, -0.2) is 23.6 Å². The van der Waals surface area contributed by atoms with Crippen LogP contribution in [0.2, 0.25) is 5.02 Å². The fraction of sp³-hybridized carbons (Fsp3) is 0. The van der Waals surface area contributed by atoms with Crippen LogP contribution in [0.25, 0.3) is 0 Å². The lowest BCUT2D eigenvalue weighted by Crippen LogP contribution is -2.17. The van der Waals surface area contributed by atoms with Crippen molar-refractivity contribution >= 4 is 33.4 Å². The number of ether oxygens (including phenoxy) is 1. The van der Waals surface area contributed by atoms with E-state index in [9.17, 15) is 17.6 Å². The van der Waals surface area contributed by atoms with Crippen molar-refractivity contribution in [1.82, 2.24) is 9.19 Å². The van der Waals surface area contributed by atoms with Crippen LogP contribution in [0, 0.1) is 5.82 Å². The number of anilines is 1. The van der Waals surface area contributed by atoms with E-state index >= 15 is 0 Å². The van der Waals surface area contributed by atoms with Crippen LogP contribution in [0.3, 0.4) is 0 Å². The second-order valence-corrected chi connectivity index (χ2v) is 7.31. The number of esters is 1. The van der Waals surface area contributed by atoms with Gasteiger partial charge in [-0.25, -0.2) is 9.18 Å². The smallest absolute Gasteiger partial charge is 0.345 e. The van der Waals surface area contributed by atoms with Crippen LogP contribution in [0.5, 0.6) is 5.88 Å². The first-order valence-electron chi connectivity index (χ1n) is 7.12. The first-order valence-corrected chi connectivity index (χ1v) is 8.93. The zero-order chi connectivity index (χ0) is 18.9. The number of benzene rings is 2. The van der Waals surface area contributed by atoms with E-state index in [2.05, 4.69) is 5.10 Å². The van der Waals surface area contributed by atoms with E-state index in [1.54, 1.807) is 0 Å². The SMILES string of the molecule is Nc1cc(OC(=O)c2cccc(F)c2)nn1S(=O)(=O)c1ccc(Cl)cc1. The minimum atomic E-state index is -4.10. The summed E-state index contributed by atoms with van der Waals surface area (Å²) in [7, 11) is -4.10. The van der Waals surface area contributed by atoms with E-state index in [0.29, 0.717) is 9.11 Å². The Morgan fingerprint density at radius 2 is 1.85 bits per heavy atom. The highest BCUT2D eigenvalue weighted by Gasteiger charge is 2.23. The fourth-order valence-electron chi connectivity index (χ4n) is 2.08. The molecule has 2 N–H and O–H groups in total. The molecule has 0 saturated carbocycles. The Bertz CT molecular complexity index is 1080. The second kappa shape index (κ2) is 6.77. The van der Waals surface area contributed by atoms with Crippen LogP contribution in [0.4, 0.5) is 10.2 Å². The molecule has 0 aliphatic carbocycles. The van der Waals surface area contributed by atoms with Crippen molar-refractivity contribution < 1.29 is 22.3 Å². The van der Waals surface area contributed by atoms with Gasteiger partial charge in [0.1, 0.15) is 11.6 Å². The first kappa shape index (κ1) is 17.9. The summed E-state index contributed by atoms with van der Waals surface area (Å²) in [4.78, 5) is 11.9. The lowest BCUT2D eigenvalue weighted by atomic mass is 10.2. The minimum Gasteiger partial charge on any atom is -0.402 e. The summed E-state index contributed by atoms with van der Waals surface area (Å²) in [6, 6.07) is 11.3. The molecular weight excluding hydrogens is 385 g/mol. The number of hydrogen-bond acceptors (Lipinski definition) is 6. The highest BCUT2D eigenvalue weighted by Crippen LogP contribution is 2.23. The summed E-state index contributed by atoms with van der Waals surface area (Å²) in [5.74, 6) is -2.12. The van der Waals surface area contributed by atoms with E-state index in [0.717, 1.165) is 12.1 Å². The van der Waals surface area contributed by atoms with Gasteiger partial charge in [-0.1, -0.05) is 17.7 Å². The standard InChI is InChI=1S/C16H11ClFN3O4S/c17-11-4-6-13(7-5-11)26(23,24)21-14(19)9-15(20-21)25-16(22)10-2-1-3-12(18)8-10/h1-9H,19H2. The van der Waals surface area contributed by atoms with Crippen molar-refractivity contribution in [2.24, 2.45) is 0 Å². The van der Waals surface area contributed by atoms with E-state index in [1.807, 2.05) is 0 Å². The molecule has 0 aliphatic heterocycles. The van der Waals surface area contributed by atoms with Gasteiger partial charge in [-0.3, -0.25) is 0 Å². The van der Waals surface area contributed by atoms with Crippen molar-refractivity contribution in [3.8, 4) is 5.88 Å². The van der Waals surface area contributed by atoms with Gasteiger partial charge in [0.2, 0.25) is 5.88 Å². The van der Waals surface area contributed by atoms with E-state index in [-0.39, 0.29) is 22.2 Å². The summed E-state index contributed by atoms with van der Waals surface area (Å²) >= 11 is 5.74. The van der Waals surface area contributed by atoms with E-state index in [1.165, 1.54) is 42.5 Å². The van der Waals surface area contributed by atoms with Crippen LogP contribution in [0.15, 0.2) is 59.5 Å². The van der Waals surface area contributed by atoms with Crippen LogP contribution < -0.4 is 10.5 Å². The Labute approximate surface area is 152 Å². The summed E-state index contributed by atoms with van der Waals surface area (Å²) < 4.78 is 43.8. The molecule has 0 spiro atoms. The maximum absolute atomic E-state index is 13.2. The molecule has 26 heavy (non-hydrogen) atoms. The monoisotopic (exact) mass is 395 g/mol. The van der Waals surface area contributed by atoms with Gasteiger partial charge in [0.15, 0.2) is 0 Å². The highest BCUT2D eigenvalue weighted by atomic mass is 35.5. The summed E-state index contributed by atoms with van der Waals surface area (Å²) in [6.45, 7) is 0. The molecule has 0 saturated heterocycles. The molecule has 3 aromatic rings. The molecule has 0 radical (unpaired) electrons. The maximum atomic E-state index is 13.2. The van der Waals surface area contributed by atoms with Gasteiger partial charge in [-0.2, -0.15) is 8.42 Å². The minimum absolute atomic E-state index is 0.0568. The number of nitrogens with zero attached hydrogens (tertiary/aromatic N) is 2. The quantitative estimate of drug-likeness (QED) is 0.681. The number of carbonyl (C=O) groups excluding carboxylic acids is 1. The topological polar surface area (TPSA) is 104 Å². The molecule has 0 amide bonds. The zero-order valence-corrected chi connectivity index (χ0v) is 14.5. The van der Waals surface area contributed by atoms with Gasteiger partial charge in [0.05, 0.1) is 10.5 Å². The third kappa shape index (κ3) is 3.53. The molecule has 0 fully saturated rings. The first-order chi connectivity index (χ1) is 12.3. The molecule has 1 aromatic heterocycles. The normalized spacial score (nSPS) is 11.3. The lowest BCUT2D eigenvalue weighted by molar-refractivity contribution is 0.0726. The van der Waals surface area contributed by atoms with Crippen molar-refractivity contribution in [2.45, 2.75) is 4.90 Å². The number of aromatic nitrogens is 2. The molecule has 1 heterocycles. The van der Waals surface area contributed by atoms with Crippen molar-refractivity contribution in [1.29, 1.82) is 0 Å². The number of nitrogen functional groups attached to an aromatic ring is 1. The Balaban J connectivity index is 1.89. The Hall–Kier alpha value is -2.91. The predicted octanol–water partition coefficient (Wildman–Crippen LogP) is 2.71. The summed E-state index contributed by atoms with van der Waals surface area (Å²) in [5, 5.41) is 4.07. The Morgan fingerprint density at radius 3 is 2.50 bits per heavy atom. The molecule has 0 unspecified atom stereocenters. The van der Waals surface area contributed by atoms with Crippen molar-refractivity contribution in [3.05, 3.63) is 71.0 Å². The van der Waals surface area contributed by atoms with Crippen LogP contribution in [0.1, 0.15) is 10.4 Å². The van der Waals surface area contributed by atoms with Crippen LogP contribution in [-0.2, 0) is 10.0 Å². The van der Waals surface area contributed by atoms with Gasteiger partial charge >= 0.3 is 5.97 Å². The number of hydrogen-bond donors (Lipinski definition) is 1. The Morgan fingerprint density at radius 1 is 1.15 bits per heavy atom. The zero-order valence-electron chi connectivity index (χ0n) is 13.0. The number of rotatable bonds is 4. The van der Waals surface area contributed by atoms with Gasteiger partial charge in [0.25, 0.3) is 10.0 Å². The molecule has 0 aliphatic rings. The fourth-order valence-corrected chi connectivity index (χ4v) is 3.40. The van der Waals surface area contributed by atoms with Gasteiger partial charge < -0.3 is 10.5 Å². The number of nitrogens with two attached hydrogens (primary N) is 1. The third-order valence-electron chi connectivity index (χ3n) is 3.28. The summed E-state index contributed by atoms with van der Waals surface area (Å²) in [5.41, 5.74) is 5.62. The number of halogens is 2. The molecule has 134 valence electrons. The molecule has 7 nitrogen and oxygen atoms in total. The highest BCUT2D eigenvalue weighted by molar-refractivity contribution is 7.90. The average Bonchev–Trinajstić information content (AvgIpc) is 2.96. The number of carbonyl (C=O) groups is 1. The molecule has 3 rings (SSSR count). The van der Waals surface area contributed by atoms with Crippen LogP contribution >= 0.6 is 11.6 Å². The van der Waals surface area contributed by atoms with E-state index in [4.69, 9.17) is 22.1 Å². The lowest BCUT2D eigenvalue weighted by Gasteiger charge is -2.06. The van der Waals surface area contributed by atoms with Gasteiger partial charge in [-0.05, 0) is 42.5 Å². The average molecular weight is 396 g/mol. The maximum Gasteiger partial charge on any atom is 0.345 e. The molecule has 0 bridgehead atoms. The molecular formula is C16H11ClFN3O4S. The van der Waals surface area contributed by atoms with Crippen molar-refractivity contribution in [2.75, 3.05) is 5.73 Å². The third-order valence-corrected chi connectivity index (χ3v) is 5.15. The summed E-state index contributed by atoms with van der Waals surface area (Å²) in [6.07, 6.45) is 0. The van der Waals surface area contributed by atoms with Crippen molar-refractivity contribution in [3.63, 3.8) is 0 Å². The molecule has 0 atom stereocenters. The van der Waals surface area contributed by atoms with Gasteiger partial charge in [0, 0.05) is 11.1 Å². The largest absolute Gasteiger partial charge is 0.402 e. The molecule has 10 heteroatoms. The second-order valence-electron chi connectivity index (χ2n) is 5.11. The van der Waals surface area contributed by atoms with E-state index < -0.39 is 21.8 Å².